The van der Waals surface area contributed by atoms with Crippen LogP contribution in [0.1, 0.15) is 12.8 Å². The maximum absolute atomic E-state index is 13.3. The molecule has 0 aliphatic carbocycles. The number of benzene rings is 2. The van der Waals surface area contributed by atoms with Crippen LogP contribution in [0.3, 0.4) is 0 Å². The fraction of sp³-hybridized carbons (Fsp3) is 0.381. The van der Waals surface area contributed by atoms with E-state index in [4.69, 9.17) is 21.1 Å². The number of amides is 1. The molecule has 1 unspecified atom stereocenters. The van der Waals surface area contributed by atoms with Gasteiger partial charge < -0.3 is 14.4 Å². The summed E-state index contributed by atoms with van der Waals surface area (Å²) in [6.07, 6.45) is 1.24. The molecular weight excluding hydrogens is 428 g/mol. The van der Waals surface area contributed by atoms with Gasteiger partial charge in [0.15, 0.2) is 0 Å². The van der Waals surface area contributed by atoms with E-state index >= 15 is 0 Å². The molecule has 1 amide bonds. The number of piperidine rings is 1. The highest BCUT2D eigenvalue weighted by Gasteiger charge is 2.37. The molecule has 7 nitrogen and oxygen atoms in total. The van der Waals surface area contributed by atoms with Gasteiger partial charge in [0.1, 0.15) is 23.0 Å². The molecular formula is C21H23ClN2O5S. The van der Waals surface area contributed by atoms with Crippen molar-refractivity contribution in [2.75, 3.05) is 38.3 Å². The standard InChI is InChI=1S/C21H23ClN2O5S/c1-28-19-9-8-16(22)13-20(19)30(26,27)23-10-4-5-15(14-23)21(25)24-11-12-29-18-7-3-2-6-17(18)24/h2-3,6-9,13,15H,4-5,10-12,14H2,1H3. The summed E-state index contributed by atoms with van der Waals surface area (Å²) in [5, 5.41) is 0.309. The maximum Gasteiger partial charge on any atom is 0.246 e. The van der Waals surface area contributed by atoms with E-state index in [2.05, 4.69) is 0 Å². The lowest BCUT2D eigenvalue weighted by atomic mass is 9.97. The molecule has 2 heterocycles. The van der Waals surface area contributed by atoms with Crippen LogP contribution >= 0.6 is 11.6 Å². The quantitative estimate of drug-likeness (QED) is 0.715. The molecule has 2 aliphatic heterocycles. The molecule has 0 radical (unpaired) electrons. The van der Waals surface area contributed by atoms with Gasteiger partial charge in [-0.1, -0.05) is 23.7 Å². The first-order valence-electron chi connectivity index (χ1n) is 9.78. The number of anilines is 1. The molecule has 2 aromatic carbocycles. The van der Waals surface area contributed by atoms with Crippen molar-refractivity contribution in [1.82, 2.24) is 4.31 Å². The van der Waals surface area contributed by atoms with Crippen molar-refractivity contribution in [3.05, 3.63) is 47.5 Å². The van der Waals surface area contributed by atoms with Crippen molar-refractivity contribution in [3.8, 4) is 11.5 Å². The van der Waals surface area contributed by atoms with Crippen LogP contribution in [-0.2, 0) is 14.8 Å². The average Bonchev–Trinajstić information content (AvgIpc) is 2.78. The van der Waals surface area contributed by atoms with Gasteiger partial charge in [0, 0.05) is 18.1 Å². The van der Waals surface area contributed by atoms with E-state index < -0.39 is 15.9 Å². The predicted octanol–water partition coefficient (Wildman–Crippen LogP) is 3.17. The molecule has 0 N–H and O–H groups in total. The lowest BCUT2D eigenvalue weighted by Crippen LogP contribution is -2.48. The minimum Gasteiger partial charge on any atom is -0.495 e. The number of sulfonamides is 1. The summed E-state index contributed by atoms with van der Waals surface area (Å²) in [5.74, 6) is 0.393. The molecule has 1 atom stereocenters. The number of ether oxygens (including phenoxy) is 2. The summed E-state index contributed by atoms with van der Waals surface area (Å²) < 4.78 is 38.8. The maximum atomic E-state index is 13.3. The van der Waals surface area contributed by atoms with Crippen molar-refractivity contribution >= 4 is 33.2 Å². The Balaban J connectivity index is 1.58. The summed E-state index contributed by atoms with van der Waals surface area (Å²) in [6, 6.07) is 11.9. The van der Waals surface area contributed by atoms with Gasteiger partial charge in [-0.05, 0) is 43.2 Å². The topological polar surface area (TPSA) is 76.2 Å². The van der Waals surface area contributed by atoms with Gasteiger partial charge in [0.2, 0.25) is 15.9 Å². The van der Waals surface area contributed by atoms with Crippen LogP contribution in [0.4, 0.5) is 5.69 Å². The smallest absolute Gasteiger partial charge is 0.246 e. The molecule has 2 aromatic rings. The molecule has 1 saturated heterocycles. The number of hydrogen-bond acceptors (Lipinski definition) is 5. The third kappa shape index (κ3) is 3.87. The van der Waals surface area contributed by atoms with Gasteiger partial charge in [-0.25, -0.2) is 8.42 Å². The lowest BCUT2D eigenvalue weighted by Gasteiger charge is -2.36. The molecule has 0 aromatic heterocycles. The van der Waals surface area contributed by atoms with Crippen LogP contribution in [0.15, 0.2) is 47.4 Å². The molecule has 0 saturated carbocycles. The molecule has 9 heteroatoms. The Morgan fingerprint density at radius 3 is 2.80 bits per heavy atom. The number of nitrogens with zero attached hydrogens (tertiary/aromatic N) is 2. The average molecular weight is 451 g/mol. The summed E-state index contributed by atoms with van der Waals surface area (Å²) >= 11 is 6.04. The molecule has 1 fully saturated rings. The highest BCUT2D eigenvalue weighted by Crippen LogP contribution is 2.35. The van der Waals surface area contributed by atoms with Gasteiger partial charge in [0.25, 0.3) is 0 Å². The van der Waals surface area contributed by atoms with E-state index in [0.29, 0.717) is 43.3 Å². The summed E-state index contributed by atoms with van der Waals surface area (Å²) in [5.41, 5.74) is 0.727. The van der Waals surface area contributed by atoms with E-state index in [-0.39, 0.29) is 23.1 Å². The minimum atomic E-state index is -3.86. The predicted molar refractivity (Wildman–Crippen MR) is 114 cm³/mol. The fourth-order valence-corrected chi connectivity index (χ4v) is 5.91. The second-order valence-corrected chi connectivity index (χ2v) is 9.65. The van der Waals surface area contributed by atoms with Crippen molar-refractivity contribution in [3.63, 3.8) is 0 Å². The Morgan fingerprint density at radius 1 is 1.20 bits per heavy atom. The van der Waals surface area contributed by atoms with Crippen LogP contribution in [-0.4, -0.2) is 52.0 Å². The Hall–Kier alpha value is -2.29. The number of hydrogen-bond donors (Lipinski definition) is 0. The second-order valence-electron chi connectivity index (χ2n) is 7.30. The minimum absolute atomic E-state index is 0.0160. The van der Waals surface area contributed by atoms with Crippen molar-refractivity contribution in [2.45, 2.75) is 17.7 Å². The first-order chi connectivity index (χ1) is 14.4. The number of carbonyl (C=O) groups is 1. The van der Waals surface area contributed by atoms with E-state index in [1.807, 2.05) is 24.3 Å². The zero-order valence-electron chi connectivity index (χ0n) is 16.6. The Morgan fingerprint density at radius 2 is 2.00 bits per heavy atom. The highest BCUT2D eigenvalue weighted by molar-refractivity contribution is 7.89. The Labute approximate surface area is 181 Å². The van der Waals surface area contributed by atoms with Gasteiger partial charge in [-0.15, -0.1) is 0 Å². The first kappa shape index (κ1) is 21.0. The van der Waals surface area contributed by atoms with Crippen LogP contribution in [0.25, 0.3) is 0 Å². The highest BCUT2D eigenvalue weighted by atomic mass is 35.5. The molecule has 0 bridgehead atoms. The summed E-state index contributed by atoms with van der Waals surface area (Å²) in [4.78, 5) is 15.0. The number of para-hydroxylation sites is 2. The largest absolute Gasteiger partial charge is 0.495 e. The molecule has 160 valence electrons. The normalized spacial score (nSPS) is 19.7. The second kappa shape index (κ2) is 8.45. The lowest BCUT2D eigenvalue weighted by molar-refractivity contribution is -0.123. The van der Waals surface area contributed by atoms with Crippen LogP contribution in [0, 0.1) is 5.92 Å². The Kier molecular flexibility index (Phi) is 5.90. The fourth-order valence-electron chi connectivity index (χ4n) is 3.97. The number of halogens is 1. The van der Waals surface area contributed by atoms with E-state index in [0.717, 1.165) is 5.69 Å². The summed E-state index contributed by atoms with van der Waals surface area (Å²) in [7, 11) is -2.44. The molecule has 0 spiro atoms. The van der Waals surface area contributed by atoms with Gasteiger partial charge in [-0.3, -0.25) is 4.79 Å². The Bertz CT molecular complexity index is 1060. The van der Waals surface area contributed by atoms with Gasteiger partial charge in [-0.2, -0.15) is 4.31 Å². The van der Waals surface area contributed by atoms with Crippen LogP contribution in [0.2, 0.25) is 5.02 Å². The van der Waals surface area contributed by atoms with E-state index in [1.165, 1.54) is 23.5 Å². The van der Waals surface area contributed by atoms with Crippen LogP contribution in [0.5, 0.6) is 11.5 Å². The van der Waals surface area contributed by atoms with Crippen molar-refractivity contribution in [2.24, 2.45) is 5.92 Å². The molecule has 2 aliphatic rings. The SMILES string of the molecule is COc1ccc(Cl)cc1S(=O)(=O)N1CCCC(C(=O)N2CCOc3ccccc32)C1. The number of fused-ring (bicyclic) bond motifs is 1. The number of carbonyl (C=O) groups excluding carboxylic acids is 1. The van der Waals surface area contributed by atoms with Crippen molar-refractivity contribution < 1.29 is 22.7 Å². The zero-order valence-corrected chi connectivity index (χ0v) is 18.2. The van der Waals surface area contributed by atoms with E-state index in [1.54, 1.807) is 11.0 Å². The van der Waals surface area contributed by atoms with Crippen molar-refractivity contribution in [1.29, 1.82) is 0 Å². The van der Waals surface area contributed by atoms with E-state index in [9.17, 15) is 13.2 Å². The third-order valence-corrected chi connectivity index (χ3v) is 7.59. The third-order valence-electron chi connectivity index (χ3n) is 5.47. The summed E-state index contributed by atoms with van der Waals surface area (Å²) in [6.45, 7) is 1.33. The van der Waals surface area contributed by atoms with Gasteiger partial charge >= 0.3 is 0 Å². The monoisotopic (exact) mass is 450 g/mol. The molecule has 4 rings (SSSR count). The van der Waals surface area contributed by atoms with Crippen LogP contribution < -0.4 is 14.4 Å². The number of rotatable bonds is 4. The zero-order chi connectivity index (χ0) is 21.3. The van der Waals surface area contributed by atoms with Gasteiger partial charge in [0.05, 0.1) is 25.3 Å². The molecule has 30 heavy (non-hydrogen) atoms. The number of methoxy groups -OCH3 is 1. The first-order valence-corrected chi connectivity index (χ1v) is 11.6.